The predicted octanol–water partition coefficient (Wildman–Crippen LogP) is 24.9. The Kier molecular flexibility index (Phi) is 71.4. The van der Waals surface area contributed by atoms with Crippen molar-refractivity contribution in [3.8, 4) is 0 Å². The highest BCUT2D eigenvalue weighted by atomic mass is 16.5. The van der Waals surface area contributed by atoms with Crippen LogP contribution in [0.25, 0.3) is 0 Å². The maximum Gasteiger partial charge on any atom is 0.305 e. The number of esters is 1. The molecule has 0 aromatic carbocycles. The third-order valence-electron chi connectivity index (χ3n) is 18.0. The van der Waals surface area contributed by atoms with Gasteiger partial charge in [-0.1, -0.05) is 385 Å². The van der Waals surface area contributed by atoms with Gasteiger partial charge in [0.05, 0.1) is 25.4 Å². The summed E-state index contributed by atoms with van der Waals surface area (Å²) >= 11 is 0. The van der Waals surface area contributed by atoms with Crippen LogP contribution in [-0.4, -0.2) is 47.4 Å². The van der Waals surface area contributed by atoms with Crippen molar-refractivity contribution < 1.29 is 24.5 Å². The van der Waals surface area contributed by atoms with E-state index in [1.807, 2.05) is 6.08 Å². The van der Waals surface area contributed by atoms with Crippen molar-refractivity contribution in [1.82, 2.24) is 5.32 Å². The zero-order valence-electron chi connectivity index (χ0n) is 56.5. The fourth-order valence-electron chi connectivity index (χ4n) is 12.2. The summed E-state index contributed by atoms with van der Waals surface area (Å²) in [6, 6.07) is -0.623. The van der Waals surface area contributed by atoms with Crippen LogP contribution in [-0.2, 0) is 14.3 Å². The Morgan fingerprint density at radius 1 is 0.325 bits per heavy atom. The number of unbranched alkanes of at least 4 members (excludes halogenated alkanes) is 59. The van der Waals surface area contributed by atoms with E-state index >= 15 is 0 Å². The molecule has 83 heavy (non-hydrogen) atoms. The highest BCUT2D eigenvalue weighted by Gasteiger charge is 2.18. The van der Waals surface area contributed by atoms with Gasteiger partial charge >= 0.3 is 5.97 Å². The van der Waals surface area contributed by atoms with Crippen molar-refractivity contribution in [2.45, 2.75) is 443 Å². The van der Waals surface area contributed by atoms with Crippen molar-refractivity contribution in [3.05, 3.63) is 24.3 Å². The Balaban J connectivity index is 3.31. The van der Waals surface area contributed by atoms with Crippen LogP contribution >= 0.6 is 0 Å². The van der Waals surface area contributed by atoms with Crippen LogP contribution < -0.4 is 5.32 Å². The Hall–Kier alpha value is -1.66. The number of rotatable bonds is 72. The van der Waals surface area contributed by atoms with Gasteiger partial charge in [-0.05, 0) is 57.8 Å². The molecule has 0 aromatic heterocycles. The first-order valence-corrected chi connectivity index (χ1v) is 38.1. The van der Waals surface area contributed by atoms with Crippen LogP contribution in [0.1, 0.15) is 431 Å². The molecule has 0 aliphatic heterocycles. The summed E-state index contributed by atoms with van der Waals surface area (Å²) in [5.41, 5.74) is 0. The minimum Gasteiger partial charge on any atom is -0.466 e. The SMILES string of the molecule is CCCCCCCCC/C=C\CCCCCCCC(=O)OCCCCCCCCCCCCCCCCCCCCCCCCCCCCCCCCCCCCCC(=O)NC(CO)C(O)/C=C/CCCCCCCCCCCCCCC. The Labute approximate surface area is 520 Å². The predicted molar refractivity (Wildman–Crippen MR) is 366 cm³/mol. The van der Waals surface area contributed by atoms with E-state index < -0.39 is 12.1 Å². The molecule has 0 spiro atoms. The molecule has 0 fully saturated rings. The van der Waals surface area contributed by atoms with Gasteiger partial charge < -0.3 is 20.3 Å². The lowest BCUT2D eigenvalue weighted by Gasteiger charge is -2.20. The van der Waals surface area contributed by atoms with E-state index in [9.17, 15) is 19.8 Å². The molecular weight excluding hydrogens is 1020 g/mol. The van der Waals surface area contributed by atoms with Gasteiger partial charge in [0.1, 0.15) is 0 Å². The van der Waals surface area contributed by atoms with Crippen LogP contribution in [0.2, 0.25) is 0 Å². The fraction of sp³-hybridized carbons (Fsp3) is 0.922. The number of amides is 1. The monoisotopic (exact) mass is 1170 g/mol. The topological polar surface area (TPSA) is 95.9 Å². The van der Waals surface area contributed by atoms with Crippen molar-refractivity contribution in [1.29, 1.82) is 0 Å². The summed E-state index contributed by atoms with van der Waals surface area (Å²) < 4.78 is 5.50. The lowest BCUT2D eigenvalue weighted by atomic mass is 10.0. The van der Waals surface area contributed by atoms with Crippen molar-refractivity contribution in [2.75, 3.05) is 13.2 Å². The van der Waals surface area contributed by atoms with E-state index in [2.05, 4.69) is 31.3 Å². The average Bonchev–Trinajstić information content (AvgIpc) is 3.49. The standard InChI is InChI=1S/C77H149NO5/c1-3-5-7-9-11-13-15-17-19-43-47-51-55-59-63-67-71-77(82)83-72-68-64-60-56-52-48-44-40-38-36-34-32-30-28-26-24-22-20-21-23-25-27-29-31-33-35-37-39-42-46-50-54-58-62-66-70-76(81)78-74(73-79)75(80)69-65-61-57-53-49-45-41-18-16-14-12-10-8-6-4-2/h19,43,65,69,74-75,79-80H,3-18,20-42,44-64,66-68,70-73H2,1-2H3,(H,78,81)/b43-19-,69-65+. The molecule has 6 heteroatoms. The molecule has 2 atom stereocenters. The van der Waals surface area contributed by atoms with Crippen molar-refractivity contribution >= 4 is 11.9 Å². The van der Waals surface area contributed by atoms with Crippen LogP contribution in [0.15, 0.2) is 24.3 Å². The van der Waals surface area contributed by atoms with Gasteiger partial charge in [0.25, 0.3) is 0 Å². The molecule has 492 valence electrons. The van der Waals surface area contributed by atoms with Gasteiger partial charge in [0, 0.05) is 12.8 Å². The van der Waals surface area contributed by atoms with Crippen molar-refractivity contribution in [2.24, 2.45) is 0 Å². The van der Waals surface area contributed by atoms with Crippen LogP contribution in [0.4, 0.5) is 0 Å². The molecule has 0 aliphatic rings. The first kappa shape index (κ1) is 81.3. The molecule has 6 nitrogen and oxygen atoms in total. The first-order chi connectivity index (χ1) is 41.0. The number of hydrogen-bond donors (Lipinski definition) is 3. The molecule has 2 unspecified atom stereocenters. The molecule has 0 bridgehead atoms. The van der Waals surface area contributed by atoms with Crippen LogP contribution in [0, 0.1) is 0 Å². The normalized spacial score (nSPS) is 12.6. The highest BCUT2D eigenvalue weighted by molar-refractivity contribution is 5.76. The summed E-state index contributed by atoms with van der Waals surface area (Å²) in [5, 5.41) is 23.2. The molecule has 3 N–H and O–H groups in total. The number of carbonyl (C=O) groups excluding carboxylic acids is 2. The number of carbonyl (C=O) groups is 2. The van der Waals surface area contributed by atoms with Gasteiger partial charge in [-0.3, -0.25) is 9.59 Å². The van der Waals surface area contributed by atoms with Crippen LogP contribution in [0.5, 0.6) is 0 Å². The minimum absolute atomic E-state index is 0.0157. The summed E-state index contributed by atoms with van der Waals surface area (Å²) in [6.45, 7) is 4.94. The van der Waals surface area contributed by atoms with Gasteiger partial charge in [-0.25, -0.2) is 0 Å². The number of aliphatic hydroxyl groups is 2. The minimum atomic E-state index is -0.840. The average molecular weight is 1170 g/mol. The number of aliphatic hydroxyl groups excluding tert-OH is 2. The van der Waals surface area contributed by atoms with Gasteiger partial charge in [-0.15, -0.1) is 0 Å². The fourth-order valence-corrected chi connectivity index (χ4v) is 12.2. The molecule has 0 saturated carbocycles. The maximum atomic E-state index is 12.5. The molecule has 0 radical (unpaired) electrons. The molecule has 0 aromatic rings. The summed E-state index contributed by atoms with van der Waals surface area (Å²) in [5.74, 6) is -0.0441. The van der Waals surface area contributed by atoms with Gasteiger partial charge in [0.2, 0.25) is 5.91 Å². The largest absolute Gasteiger partial charge is 0.466 e. The Morgan fingerprint density at radius 2 is 0.566 bits per heavy atom. The molecular formula is C77H149NO5. The van der Waals surface area contributed by atoms with Crippen LogP contribution in [0.3, 0.4) is 0 Å². The lowest BCUT2D eigenvalue weighted by molar-refractivity contribution is -0.143. The second kappa shape index (κ2) is 72.8. The quantitative estimate of drug-likeness (QED) is 0.0320. The second-order valence-corrected chi connectivity index (χ2v) is 26.3. The second-order valence-electron chi connectivity index (χ2n) is 26.3. The smallest absolute Gasteiger partial charge is 0.305 e. The van der Waals surface area contributed by atoms with E-state index in [0.717, 1.165) is 44.9 Å². The van der Waals surface area contributed by atoms with E-state index in [1.54, 1.807) is 6.08 Å². The third kappa shape index (κ3) is 69.3. The zero-order chi connectivity index (χ0) is 59.9. The van der Waals surface area contributed by atoms with E-state index in [4.69, 9.17) is 4.74 Å². The lowest BCUT2D eigenvalue weighted by Crippen LogP contribution is -2.45. The number of allylic oxidation sites excluding steroid dienone is 3. The number of hydrogen-bond acceptors (Lipinski definition) is 5. The van der Waals surface area contributed by atoms with Crippen molar-refractivity contribution in [3.63, 3.8) is 0 Å². The molecule has 0 aliphatic carbocycles. The highest BCUT2D eigenvalue weighted by Crippen LogP contribution is 2.20. The molecule has 0 heterocycles. The van der Waals surface area contributed by atoms with Gasteiger partial charge in [-0.2, -0.15) is 0 Å². The molecule has 0 saturated heterocycles. The summed E-state index contributed by atoms with van der Waals surface area (Å²) in [6.07, 6.45) is 93.0. The van der Waals surface area contributed by atoms with E-state index in [0.29, 0.717) is 19.4 Å². The zero-order valence-corrected chi connectivity index (χ0v) is 56.5. The number of nitrogens with one attached hydrogen (secondary N) is 1. The number of ether oxygens (including phenoxy) is 1. The Bertz CT molecular complexity index is 1300. The molecule has 0 rings (SSSR count). The first-order valence-electron chi connectivity index (χ1n) is 38.1. The van der Waals surface area contributed by atoms with E-state index in [-0.39, 0.29) is 18.5 Å². The third-order valence-corrected chi connectivity index (χ3v) is 18.0. The summed E-state index contributed by atoms with van der Waals surface area (Å²) in [7, 11) is 0. The summed E-state index contributed by atoms with van der Waals surface area (Å²) in [4.78, 5) is 24.6. The molecule has 1 amide bonds. The van der Waals surface area contributed by atoms with Gasteiger partial charge in [0.15, 0.2) is 0 Å². The van der Waals surface area contributed by atoms with E-state index in [1.165, 1.54) is 360 Å². The maximum absolute atomic E-state index is 12.5. The Morgan fingerprint density at radius 3 is 0.855 bits per heavy atom.